The highest BCUT2D eigenvalue weighted by atomic mass is 15.2. The van der Waals surface area contributed by atoms with Crippen LogP contribution >= 0.6 is 0 Å². The van der Waals surface area contributed by atoms with Crippen LogP contribution in [0.15, 0.2) is 12.2 Å². The van der Waals surface area contributed by atoms with Crippen LogP contribution in [0.4, 0.5) is 0 Å². The summed E-state index contributed by atoms with van der Waals surface area (Å²) in [7, 11) is 0. The first-order valence-corrected chi connectivity index (χ1v) is 5.05. The van der Waals surface area contributed by atoms with E-state index in [0.717, 1.165) is 25.6 Å². The highest BCUT2D eigenvalue weighted by Crippen LogP contribution is 2.27. The summed E-state index contributed by atoms with van der Waals surface area (Å²) in [4.78, 5) is 2.40. The molecular weight excluding hydrogens is 160 g/mol. The van der Waals surface area contributed by atoms with Gasteiger partial charge < -0.3 is 0 Å². The SMILES string of the molecule is C=C(CC)CN(CCC#N)C1CC1. The molecule has 1 aliphatic carbocycles. The topological polar surface area (TPSA) is 27.0 Å². The van der Waals surface area contributed by atoms with Crippen molar-refractivity contribution in [3.8, 4) is 6.07 Å². The minimum Gasteiger partial charge on any atom is -0.295 e. The summed E-state index contributed by atoms with van der Waals surface area (Å²) < 4.78 is 0. The fourth-order valence-electron chi connectivity index (χ4n) is 1.42. The van der Waals surface area contributed by atoms with E-state index in [1.165, 1.54) is 18.4 Å². The molecule has 0 atom stereocenters. The van der Waals surface area contributed by atoms with Gasteiger partial charge in [-0.15, -0.1) is 0 Å². The summed E-state index contributed by atoms with van der Waals surface area (Å²) in [6, 6.07) is 2.95. The van der Waals surface area contributed by atoms with Gasteiger partial charge in [-0.2, -0.15) is 5.26 Å². The van der Waals surface area contributed by atoms with Crippen molar-refractivity contribution in [1.82, 2.24) is 4.90 Å². The summed E-state index contributed by atoms with van der Waals surface area (Å²) in [5, 5.41) is 8.51. The molecule has 2 nitrogen and oxygen atoms in total. The van der Waals surface area contributed by atoms with Crippen molar-refractivity contribution < 1.29 is 0 Å². The minimum atomic E-state index is 0.646. The molecule has 0 aliphatic heterocycles. The first kappa shape index (κ1) is 10.3. The second kappa shape index (κ2) is 5.04. The smallest absolute Gasteiger partial charge is 0.0635 e. The zero-order chi connectivity index (χ0) is 9.68. The van der Waals surface area contributed by atoms with Gasteiger partial charge in [0.15, 0.2) is 0 Å². The molecule has 2 heteroatoms. The van der Waals surface area contributed by atoms with Gasteiger partial charge in [-0.3, -0.25) is 4.90 Å². The molecule has 13 heavy (non-hydrogen) atoms. The van der Waals surface area contributed by atoms with Gasteiger partial charge in [0.05, 0.1) is 6.07 Å². The van der Waals surface area contributed by atoms with Crippen molar-refractivity contribution >= 4 is 0 Å². The van der Waals surface area contributed by atoms with Crippen LogP contribution in [-0.2, 0) is 0 Å². The summed E-state index contributed by atoms with van der Waals surface area (Å²) >= 11 is 0. The molecule has 0 aromatic heterocycles. The van der Waals surface area contributed by atoms with E-state index in [1.54, 1.807) is 0 Å². The van der Waals surface area contributed by atoms with E-state index in [-0.39, 0.29) is 0 Å². The van der Waals surface area contributed by atoms with Gasteiger partial charge in [-0.05, 0) is 19.3 Å². The number of nitrogens with zero attached hydrogens (tertiary/aromatic N) is 2. The van der Waals surface area contributed by atoms with Crippen molar-refractivity contribution in [2.24, 2.45) is 0 Å². The van der Waals surface area contributed by atoms with E-state index >= 15 is 0 Å². The first-order valence-electron chi connectivity index (χ1n) is 5.05. The maximum atomic E-state index is 8.51. The third kappa shape index (κ3) is 3.61. The van der Waals surface area contributed by atoms with Gasteiger partial charge in [0.1, 0.15) is 0 Å². The Bertz CT molecular complexity index is 211. The number of nitriles is 1. The molecule has 0 aromatic rings. The highest BCUT2D eigenvalue weighted by molar-refractivity contribution is 4.99. The Morgan fingerprint density at radius 1 is 1.62 bits per heavy atom. The van der Waals surface area contributed by atoms with Gasteiger partial charge >= 0.3 is 0 Å². The lowest BCUT2D eigenvalue weighted by molar-refractivity contribution is 0.291. The molecule has 1 aliphatic rings. The molecule has 72 valence electrons. The largest absolute Gasteiger partial charge is 0.295 e. The summed E-state index contributed by atoms with van der Waals surface area (Å²) in [5.41, 5.74) is 1.28. The zero-order valence-corrected chi connectivity index (χ0v) is 8.42. The van der Waals surface area contributed by atoms with E-state index in [9.17, 15) is 0 Å². The predicted molar refractivity (Wildman–Crippen MR) is 54.3 cm³/mol. The maximum Gasteiger partial charge on any atom is 0.0635 e. The molecule has 0 bridgehead atoms. The third-order valence-electron chi connectivity index (χ3n) is 2.50. The maximum absolute atomic E-state index is 8.51. The molecule has 0 heterocycles. The Kier molecular flexibility index (Phi) is 3.98. The van der Waals surface area contributed by atoms with Gasteiger partial charge in [-0.25, -0.2) is 0 Å². The molecule has 0 radical (unpaired) electrons. The van der Waals surface area contributed by atoms with Crippen molar-refractivity contribution in [3.05, 3.63) is 12.2 Å². The highest BCUT2D eigenvalue weighted by Gasteiger charge is 2.28. The average Bonchev–Trinajstić information content (AvgIpc) is 2.94. The van der Waals surface area contributed by atoms with E-state index in [0.29, 0.717) is 6.42 Å². The van der Waals surface area contributed by atoms with Crippen LogP contribution < -0.4 is 0 Å². The van der Waals surface area contributed by atoms with Gasteiger partial charge in [-0.1, -0.05) is 19.1 Å². The van der Waals surface area contributed by atoms with E-state index in [4.69, 9.17) is 5.26 Å². The molecular formula is C11H18N2. The molecule has 1 rings (SSSR count). The lowest BCUT2D eigenvalue weighted by Crippen LogP contribution is -2.28. The fourth-order valence-corrected chi connectivity index (χ4v) is 1.42. The molecule has 0 aromatic carbocycles. The Balaban J connectivity index is 2.29. The lowest BCUT2D eigenvalue weighted by atomic mass is 10.2. The van der Waals surface area contributed by atoms with Crippen LogP contribution in [0, 0.1) is 11.3 Å². The van der Waals surface area contributed by atoms with Gasteiger partial charge in [0, 0.05) is 25.6 Å². The van der Waals surface area contributed by atoms with Crippen LogP contribution in [0.2, 0.25) is 0 Å². The Labute approximate surface area is 80.8 Å². The molecule has 0 N–H and O–H groups in total. The van der Waals surface area contributed by atoms with Crippen LogP contribution in [0.3, 0.4) is 0 Å². The quantitative estimate of drug-likeness (QED) is 0.584. The number of rotatable bonds is 6. The fraction of sp³-hybridized carbons (Fsp3) is 0.727. The summed E-state index contributed by atoms with van der Waals surface area (Å²) in [6.07, 6.45) is 4.31. The number of hydrogen-bond acceptors (Lipinski definition) is 2. The summed E-state index contributed by atoms with van der Waals surface area (Å²) in [6.45, 7) is 8.05. The average molecular weight is 178 g/mol. The Hall–Kier alpha value is -0.810. The van der Waals surface area contributed by atoms with Gasteiger partial charge in [0.25, 0.3) is 0 Å². The van der Waals surface area contributed by atoms with Crippen molar-refractivity contribution in [2.45, 2.75) is 38.6 Å². The van der Waals surface area contributed by atoms with Crippen LogP contribution in [-0.4, -0.2) is 24.0 Å². The van der Waals surface area contributed by atoms with Crippen molar-refractivity contribution in [3.63, 3.8) is 0 Å². The van der Waals surface area contributed by atoms with E-state index < -0.39 is 0 Å². The summed E-state index contributed by atoms with van der Waals surface area (Å²) in [5.74, 6) is 0. The Morgan fingerprint density at radius 2 is 2.31 bits per heavy atom. The second-order valence-electron chi connectivity index (χ2n) is 3.71. The van der Waals surface area contributed by atoms with Crippen LogP contribution in [0.1, 0.15) is 32.6 Å². The van der Waals surface area contributed by atoms with Crippen LogP contribution in [0.5, 0.6) is 0 Å². The third-order valence-corrected chi connectivity index (χ3v) is 2.50. The molecule has 0 unspecified atom stereocenters. The molecule has 1 saturated carbocycles. The molecule has 0 spiro atoms. The van der Waals surface area contributed by atoms with Crippen LogP contribution in [0.25, 0.3) is 0 Å². The number of hydrogen-bond donors (Lipinski definition) is 0. The minimum absolute atomic E-state index is 0.646. The first-order chi connectivity index (χ1) is 6.27. The predicted octanol–water partition coefficient (Wildman–Crippen LogP) is 2.33. The standard InChI is InChI=1S/C11H18N2/c1-3-10(2)9-13(8-4-7-12)11-5-6-11/h11H,2-6,8-9H2,1H3. The normalized spacial score (nSPS) is 15.8. The van der Waals surface area contributed by atoms with Crippen molar-refractivity contribution in [2.75, 3.05) is 13.1 Å². The Morgan fingerprint density at radius 3 is 2.77 bits per heavy atom. The molecule has 0 amide bonds. The van der Waals surface area contributed by atoms with Crippen molar-refractivity contribution in [1.29, 1.82) is 5.26 Å². The van der Waals surface area contributed by atoms with Gasteiger partial charge in [0.2, 0.25) is 0 Å². The van der Waals surface area contributed by atoms with E-state index in [2.05, 4.69) is 24.5 Å². The molecule has 0 saturated heterocycles. The molecule has 1 fully saturated rings. The monoisotopic (exact) mass is 178 g/mol. The second-order valence-corrected chi connectivity index (χ2v) is 3.71. The van der Waals surface area contributed by atoms with E-state index in [1.807, 2.05) is 0 Å². The zero-order valence-electron chi connectivity index (χ0n) is 8.42. The lowest BCUT2D eigenvalue weighted by Gasteiger charge is -2.21.